The van der Waals surface area contributed by atoms with Gasteiger partial charge in [0.2, 0.25) is 0 Å². The monoisotopic (exact) mass is 540 g/mol. The van der Waals surface area contributed by atoms with E-state index in [2.05, 4.69) is 8.57 Å². The summed E-state index contributed by atoms with van der Waals surface area (Å²) >= 11 is 0. The van der Waals surface area contributed by atoms with Gasteiger partial charge in [0.05, 0.1) is 21.5 Å². The van der Waals surface area contributed by atoms with Crippen LogP contribution in [0.5, 0.6) is 0 Å². The Morgan fingerprint density at radius 3 is 1.03 bits per heavy atom. The van der Waals surface area contributed by atoms with Crippen LogP contribution in [0.15, 0.2) is 31.3 Å². The van der Waals surface area contributed by atoms with E-state index in [-0.39, 0.29) is 0 Å². The molecule has 0 radical (unpaired) electrons. The zero-order valence-corrected chi connectivity index (χ0v) is 17.3. The first-order chi connectivity index (χ1) is 15.2. The number of nitrogens with zero attached hydrogens (tertiary/aromatic N) is 2. The fourth-order valence-corrected chi connectivity index (χ4v) is 4.38. The zero-order valence-electron chi connectivity index (χ0n) is 15.6. The summed E-state index contributed by atoms with van der Waals surface area (Å²) in [5.74, 6) is -5.14. The SMILES string of the molecule is O=c1c2cc3c(=O)n(OS(=O)(=O)CC(F)(F)F)c(=O)c3cc2c(=O)n1OS(=O)(=O)CC(F)(F)F. The topological polar surface area (TPSA) is 165 Å². The van der Waals surface area contributed by atoms with Crippen LogP contribution in [0.2, 0.25) is 0 Å². The van der Waals surface area contributed by atoms with Gasteiger partial charge in [0.15, 0.2) is 11.5 Å². The summed E-state index contributed by atoms with van der Waals surface area (Å²) in [5.41, 5.74) is -6.67. The molecule has 0 bridgehead atoms. The largest absolute Gasteiger partial charge is 0.406 e. The Balaban J connectivity index is 2.17. The summed E-state index contributed by atoms with van der Waals surface area (Å²) < 4.78 is 126. The number of hydrogen-bond acceptors (Lipinski definition) is 10. The van der Waals surface area contributed by atoms with Gasteiger partial charge in [-0.3, -0.25) is 27.7 Å². The van der Waals surface area contributed by atoms with Crippen molar-refractivity contribution in [3.05, 3.63) is 53.5 Å². The average Bonchev–Trinajstić information content (AvgIpc) is 2.97. The summed E-state index contributed by atoms with van der Waals surface area (Å²) in [5, 5.41) is -3.36. The molecule has 0 aliphatic heterocycles. The molecule has 0 fully saturated rings. The highest BCUT2D eigenvalue weighted by Gasteiger charge is 2.39. The molecule has 0 amide bonds. The fourth-order valence-electron chi connectivity index (χ4n) is 2.75. The number of benzene rings is 1. The van der Waals surface area contributed by atoms with E-state index in [9.17, 15) is 62.4 Å². The summed E-state index contributed by atoms with van der Waals surface area (Å²) in [6.45, 7) is 0. The summed E-state index contributed by atoms with van der Waals surface area (Å²) in [4.78, 5) is 49.1. The standard InChI is InChI=1S/C14H6F6N2O10S2/c15-13(16,17)3-33(27,28)31-21-9(23)5-1-6-8(2-7(5)11(21)25)12(26)22(10(6)24)32-34(29,30)4-14(18,19)20/h1-2H,3-4H2. The molecule has 2 heterocycles. The Morgan fingerprint density at radius 2 is 0.824 bits per heavy atom. The maximum atomic E-state index is 12.3. The van der Waals surface area contributed by atoms with E-state index in [1.165, 1.54) is 0 Å². The first-order valence-electron chi connectivity index (χ1n) is 8.15. The molecule has 0 spiro atoms. The Kier molecular flexibility index (Phi) is 5.60. The highest BCUT2D eigenvalue weighted by atomic mass is 32.2. The lowest BCUT2D eigenvalue weighted by Gasteiger charge is -2.07. The summed E-state index contributed by atoms with van der Waals surface area (Å²) in [6.07, 6.45) is -10.6. The fraction of sp³-hybridized carbons (Fsp3) is 0.286. The van der Waals surface area contributed by atoms with Gasteiger partial charge in [-0.1, -0.05) is 9.46 Å². The van der Waals surface area contributed by atoms with Crippen molar-refractivity contribution in [3.63, 3.8) is 0 Å². The number of fused-ring (bicyclic) bond motifs is 2. The van der Waals surface area contributed by atoms with Crippen LogP contribution in [0.25, 0.3) is 21.5 Å². The van der Waals surface area contributed by atoms with E-state index in [0.29, 0.717) is 12.1 Å². The van der Waals surface area contributed by atoms with Crippen LogP contribution in [0.3, 0.4) is 0 Å². The molecule has 3 aromatic rings. The number of halogens is 6. The first kappa shape index (κ1) is 25.2. The van der Waals surface area contributed by atoms with Gasteiger partial charge in [0, 0.05) is 0 Å². The van der Waals surface area contributed by atoms with Crippen molar-refractivity contribution in [2.24, 2.45) is 0 Å². The molecule has 34 heavy (non-hydrogen) atoms. The minimum Gasteiger partial charge on any atom is -0.280 e. The lowest BCUT2D eigenvalue weighted by Crippen LogP contribution is -2.39. The van der Waals surface area contributed by atoms with Crippen LogP contribution < -0.4 is 30.8 Å². The van der Waals surface area contributed by atoms with Gasteiger partial charge in [0.25, 0.3) is 22.2 Å². The number of rotatable bonds is 6. The van der Waals surface area contributed by atoms with Crippen molar-refractivity contribution in [1.29, 1.82) is 0 Å². The number of aromatic nitrogens is 2. The maximum Gasteiger partial charge on any atom is 0.406 e. The van der Waals surface area contributed by atoms with E-state index >= 15 is 0 Å². The third kappa shape index (κ3) is 4.90. The van der Waals surface area contributed by atoms with Gasteiger partial charge < -0.3 is 0 Å². The molecular weight excluding hydrogens is 534 g/mol. The van der Waals surface area contributed by atoms with Crippen LogP contribution >= 0.6 is 0 Å². The molecule has 0 N–H and O–H groups in total. The van der Waals surface area contributed by atoms with Crippen molar-refractivity contribution < 1.29 is 51.7 Å². The lowest BCUT2D eigenvalue weighted by molar-refractivity contribution is -0.108. The third-order valence-corrected chi connectivity index (χ3v) is 5.99. The van der Waals surface area contributed by atoms with Gasteiger partial charge >= 0.3 is 32.6 Å². The van der Waals surface area contributed by atoms with Crippen molar-refractivity contribution in [2.45, 2.75) is 12.4 Å². The van der Waals surface area contributed by atoms with Crippen LogP contribution in [0.1, 0.15) is 0 Å². The second kappa shape index (κ2) is 7.55. The zero-order chi connectivity index (χ0) is 26.0. The molecule has 0 aliphatic rings. The van der Waals surface area contributed by atoms with E-state index in [0.717, 1.165) is 0 Å². The molecule has 0 unspecified atom stereocenters. The smallest absolute Gasteiger partial charge is 0.280 e. The van der Waals surface area contributed by atoms with Gasteiger partial charge in [-0.25, -0.2) is 0 Å². The number of alkyl halides is 6. The Hall–Kier alpha value is -3.42. The van der Waals surface area contributed by atoms with E-state index < -0.39 is 97.3 Å². The van der Waals surface area contributed by atoms with E-state index in [4.69, 9.17) is 0 Å². The molecule has 2 aromatic heterocycles. The normalized spacial score (nSPS) is 13.6. The molecule has 12 nitrogen and oxygen atoms in total. The Labute approximate surface area is 181 Å². The van der Waals surface area contributed by atoms with Crippen LogP contribution in [-0.2, 0) is 20.2 Å². The highest BCUT2D eigenvalue weighted by molar-refractivity contribution is 7.87. The molecule has 3 rings (SSSR count). The molecule has 0 aliphatic carbocycles. The van der Waals surface area contributed by atoms with Crippen molar-refractivity contribution in [3.8, 4) is 0 Å². The van der Waals surface area contributed by atoms with Crippen LogP contribution in [0.4, 0.5) is 26.3 Å². The van der Waals surface area contributed by atoms with Gasteiger partial charge in [0.1, 0.15) is 0 Å². The van der Waals surface area contributed by atoms with Crippen molar-refractivity contribution in [1.82, 2.24) is 9.46 Å². The molecule has 1 aromatic carbocycles. The van der Waals surface area contributed by atoms with Crippen molar-refractivity contribution in [2.75, 3.05) is 11.5 Å². The molecule has 0 atom stereocenters. The second-order valence-electron chi connectivity index (χ2n) is 6.54. The molecule has 186 valence electrons. The average molecular weight is 540 g/mol. The molecule has 0 saturated carbocycles. The minimum atomic E-state index is -5.55. The van der Waals surface area contributed by atoms with Crippen LogP contribution in [-0.4, -0.2) is 50.2 Å². The third-order valence-electron chi connectivity index (χ3n) is 3.87. The maximum absolute atomic E-state index is 12.3. The predicted molar refractivity (Wildman–Crippen MR) is 97.7 cm³/mol. The molecular formula is C14H6F6N2O10S2. The highest BCUT2D eigenvalue weighted by Crippen LogP contribution is 2.19. The van der Waals surface area contributed by atoms with E-state index in [1.54, 1.807) is 0 Å². The minimum absolute atomic E-state index is 0.463. The van der Waals surface area contributed by atoms with Crippen LogP contribution in [0, 0.1) is 0 Å². The predicted octanol–water partition coefficient (Wildman–Crippen LogP) is -1.45. The van der Waals surface area contributed by atoms with Crippen molar-refractivity contribution >= 4 is 41.8 Å². The first-order valence-corrected chi connectivity index (χ1v) is 11.3. The van der Waals surface area contributed by atoms with Gasteiger partial charge in [-0.2, -0.15) is 43.2 Å². The Morgan fingerprint density at radius 1 is 0.588 bits per heavy atom. The number of hydrogen-bond donors (Lipinski definition) is 0. The Bertz CT molecular complexity index is 1530. The second-order valence-corrected chi connectivity index (χ2v) is 9.64. The molecule has 20 heteroatoms. The quantitative estimate of drug-likeness (QED) is 0.338. The van der Waals surface area contributed by atoms with Gasteiger partial charge in [-0.15, -0.1) is 0 Å². The summed E-state index contributed by atoms with van der Waals surface area (Å²) in [6, 6.07) is 0.926. The lowest BCUT2D eigenvalue weighted by atomic mass is 10.1. The van der Waals surface area contributed by atoms with E-state index in [1.807, 2.05) is 0 Å². The molecule has 0 saturated heterocycles. The summed E-state index contributed by atoms with van der Waals surface area (Å²) in [7, 11) is -11.1. The van der Waals surface area contributed by atoms with Gasteiger partial charge in [-0.05, 0) is 12.1 Å².